The van der Waals surface area contributed by atoms with Gasteiger partial charge in [-0.3, -0.25) is 4.79 Å². The lowest BCUT2D eigenvalue weighted by Gasteiger charge is -2.02. The van der Waals surface area contributed by atoms with Crippen LogP contribution in [-0.2, 0) is 17.8 Å². The van der Waals surface area contributed by atoms with Crippen molar-refractivity contribution in [2.24, 2.45) is 0 Å². The van der Waals surface area contributed by atoms with Crippen LogP contribution >= 0.6 is 0 Å². The van der Waals surface area contributed by atoms with Crippen LogP contribution in [0.15, 0.2) is 53.5 Å². The number of rotatable bonds is 5. The van der Waals surface area contributed by atoms with Gasteiger partial charge in [-0.2, -0.15) is 0 Å². The van der Waals surface area contributed by atoms with Crippen LogP contribution < -0.4 is 0 Å². The van der Waals surface area contributed by atoms with Crippen molar-refractivity contribution in [3.8, 4) is 0 Å². The van der Waals surface area contributed by atoms with E-state index >= 15 is 0 Å². The first-order valence-electron chi connectivity index (χ1n) is 6.53. The third kappa shape index (κ3) is 2.45. The maximum atomic E-state index is 10.8. The SMILES string of the molecule is O=C(O)CCc1cn(Cc2ccoc2)c2ccccc12. The van der Waals surface area contributed by atoms with Crippen LogP contribution in [0.2, 0.25) is 0 Å². The fourth-order valence-corrected chi connectivity index (χ4v) is 2.47. The normalized spacial score (nSPS) is 11.0. The minimum Gasteiger partial charge on any atom is -0.481 e. The Bertz CT molecular complexity index is 725. The number of carbonyl (C=O) groups is 1. The third-order valence-electron chi connectivity index (χ3n) is 3.41. The number of hydrogen-bond donors (Lipinski definition) is 1. The maximum absolute atomic E-state index is 10.8. The predicted molar refractivity (Wildman–Crippen MR) is 75.7 cm³/mol. The molecular weight excluding hydrogens is 254 g/mol. The predicted octanol–water partition coefficient (Wildman–Crippen LogP) is 3.30. The zero-order chi connectivity index (χ0) is 13.9. The molecule has 102 valence electrons. The van der Waals surface area contributed by atoms with E-state index in [1.165, 1.54) is 0 Å². The number of aromatic nitrogens is 1. The molecule has 0 saturated carbocycles. The van der Waals surface area contributed by atoms with E-state index in [9.17, 15) is 4.79 Å². The molecule has 0 fully saturated rings. The average Bonchev–Trinajstić information content (AvgIpc) is 3.06. The molecule has 0 saturated heterocycles. The lowest BCUT2D eigenvalue weighted by atomic mass is 10.1. The molecule has 20 heavy (non-hydrogen) atoms. The van der Waals surface area contributed by atoms with E-state index in [1.54, 1.807) is 12.5 Å². The smallest absolute Gasteiger partial charge is 0.303 e. The Hall–Kier alpha value is -2.49. The second-order valence-electron chi connectivity index (χ2n) is 4.82. The van der Waals surface area contributed by atoms with Crippen LogP contribution in [0.1, 0.15) is 17.5 Å². The zero-order valence-electron chi connectivity index (χ0n) is 11.0. The van der Waals surface area contributed by atoms with E-state index in [4.69, 9.17) is 9.52 Å². The van der Waals surface area contributed by atoms with Gasteiger partial charge in [0.15, 0.2) is 0 Å². The number of carboxylic acids is 1. The Morgan fingerprint density at radius 2 is 2.10 bits per heavy atom. The van der Waals surface area contributed by atoms with Crippen LogP contribution in [0.5, 0.6) is 0 Å². The van der Waals surface area contributed by atoms with Crippen molar-refractivity contribution in [1.82, 2.24) is 4.57 Å². The molecule has 0 atom stereocenters. The van der Waals surface area contributed by atoms with Crippen molar-refractivity contribution in [3.63, 3.8) is 0 Å². The number of aliphatic carboxylic acids is 1. The summed E-state index contributed by atoms with van der Waals surface area (Å²) in [5.74, 6) is -0.767. The highest BCUT2D eigenvalue weighted by Gasteiger charge is 2.10. The largest absolute Gasteiger partial charge is 0.481 e. The standard InChI is InChI=1S/C16H15NO3/c18-16(19)6-5-13-10-17(9-12-7-8-20-11-12)15-4-2-1-3-14(13)15/h1-4,7-8,10-11H,5-6,9H2,(H,18,19). The first kappa shape index (κ1) is 12.5. The molecule has 0 spiro atoms. The summed E-state index contributed by atoms with van der Waals surface area (Å²) >= 11 is 0. The summed E-state index contributed by atoms with van der Waals surface area (Å²) in [6.07, 6.45) is 6.13. The second kappa shape index (κ2) is 5.25. The number of aryl methyl sites for hydroxylation is 1. The Morgan fingerprint density at radius 3 is 2.85 bits per heavy atom. The molecule has 4 heteroatoms. The fourth-order valence-electron chi connectivity index (χ4n) is 2.47. The van der Waals surface area contributed by atoms with Crippen molar-refractivity contribution in [2.45, 2.75) is 19.4 Å². The van der Waals surface area contributed by atoms with E-state index in [-0.39, 0.29) is 6.42 Å². The number of benzene rings is 1. The zero-order valence-corrected chi connectivity index (χ0v) is 11.0. The molecule has 0 radical (unpaired) electrons. The van der Waals surface area contributed by atoms with Gasteiger partial charge in [0.2, 0.25) is 0 Å². The number of nitrogens with zero attached hydrogens (tertiary/aromatic N) is 1. The molecule has 1 N–H and O–H groups in total. The molecule has 3 aromatic rings. The second-order valence-corrected chi connectivity index (χ2v) is 4.82. The van der Waals surface area contributed by atoms with Crippen molar-refractivity contribution in [3.05, 3.63) is 60.2 Å². The Labute approximate surface area is 116 Å². The summed E-state index contributed by atoms with van der Waals surface area (Å²) in [7, 11) is 0. The summed E-state index contributed by atoms with van der Waals surface area (Å²) in [5, 5.41) is 9.96. The summed E-state index contributed by atoms with van der Waals surface area (Å²) in [6.45, 7) is 0.726. The molecule has 0 amide bonds. The Balaban J connectivity index is 1.97. The number of furan rings is 1. The monoisotopic (exact) mass is 269 g/mol. The third-order valence-corrected chi connectivity index (χ3v) is 3.41. The van der Waals surface area contributed by atoms with Gasteiger partial charge in [0.1, 0.15) is 0 Å². The molecule has 0 aliphatic rings. The first-order valence-corrected chi connectivity index (χ1v) is 6.53. The Morgan fingerprint density at radius 1 is 1.25 bits per heavy atom. The molecule has 0 unspecified atom stereocenters. The van der Waals surface area contributed by atoms with E-state index in [2.05, 4.69) is 10.6 Å². The maximum Gasteiger partial charge on any atom is 0.303 e. The number of fused-ring (bicyclic) bond motifs is 1. The van der Waals surface area contributed by atoms with Gasteiger partial charge in [0, 0.05) is 29.1 Å². The molecule has 0 bridgehead atoms. The molecule has 2 heterocycles. The minimum atomic E-state index is -0.767. The average molecular weight is 269 g/mol. The lowest BCUT2D eigenvalue weighted by Crippen LogP contribution is -1.98. The molecular formula is C16H15NO3. The van der Waals surface area contributed by atoms with E-state index in [0.717, 1.165) is 28.6 Å². The quantitative estimate of drug-likeness (QED) is 0.773. The van der Waals surface area contributed by atoms with Crippen molar-refractivity contribution < 1.29 is 14.3 Å². The van der Waals surface area contributed by atoms with Gasteiger partial charge >= 0.3 is 5.97 Å². The molecule has 2 aromatic heterocycles. The van der Waals surface area contributed by atoms with Crippen molar-refractivity contribution in [2.75, 3.05) is 0 Å². The van der Waals surface area contributed by atoms with E-state index < -0.39 is 5.97 Å². The molecule has 0 aliphatic carbocycles. The van der Waals surface area contributed by atoms with Crippen LogP contribution in [0.3, 0.4) is 0 Å². The van der Waals surface area contributed by atoms with Crippen molar-refractivity contribution >= 4 is 16.9 Å². The Kier molecular flexibility index (Phi) is 3.29. The number of para-hydroxylation sites is 1. The summed E-state index contributed by atoms with van der Waals surface area (Å²) in [5.41, 5.74) is 3.29. The van der Waals surface area contributed by atoms with Gasteiger partial charge < -0.3 is 14.1 Å². The van der Waals surface area contributed by atoms with Gasteiger partial charge in [0.25, 0.3) is 0 Å². The van der Waals surface area contributed by atoms with Crippen LogP contribution in [0.4, 0.5) is 0 Å². The number of carboxylic acid groups (broad SMARTS) is 1. The topological polar surface area (TPSA) is 55.4 Å². The van der Waals surface area contributed by atoms with Crippen LogP contribution in [-0.4, -0.2) is 15.6 Å². The first-order chi connectivity index (χ1) is 9.74. The van der Waals surface area contributed by atoms with Gasteiger partial charge in [-0.1, -0.05) is 18.2 Å². The lowest BCUT2D eigenvalue weighted by molar-refractivity contribution is -0.136. The molecule has 1 aromatic carbocycles. The highest BCUT2D eigenvalue weighted by Crippen LogP contribution is 2.23. The highest BCUT2D eigenvalue weighted by atomic mass is 16.4. The van der Waals surface area contributed by atoms with Gasteiger partial charge in [-0.05, 0) is 24.1 Å². The van der Waals surface area contributed by atoms with Crippen molar-refractivity contribution in [1.29, 1.82) is 0 Å². The molecule has 4 nitrogen and oxygen atoms in total. The van der Waals surface area contributed by atoms with E-state index in [0.29, 0.717) is 6.42 Å². The van der Waals surface area contributed by atoms with E-state index in [1.807, 2.05) is 30.5 Å². The molecule has 3 rings (SSSR count). The summed E-state index contributed by atoms with van der Waals surface area (Å²) < 4.78 is 7.23. The highest BCUT2D eigenvalue weighted by molar-refractivity contribution is 5.84. The summed E-state index contributed by atoms with van der Waals surface area (Å²) in [4.78, 5) is 10.8. The van der Waals surface area contributed by atoms with Crippen LogP contribution in [0.25, 0.3) is 10.9 Å². The molecule has 0 aliphatic heterocycles. The van der Waals surface area contributed by atoms with Gasteiger partial charge in [0.05, 0.1) is 19.1 Å². The number of hydrogen-bond acceptors (Lipinski definition) is 2. The minimum absolute atomic E-state index is 0.152. The van der Waals surface area contributed by atoms with Crippen LogP contribution in [0, 0.1) is 0 Å². The van der Waals surface area contributed by atoms with Gasteiger partial charge in [-0.25, -0.2) is 0 Å². The van der Waals surface area contributed by atoms with Gasteiger partial charge in [-0.15, -0.1) is 0 Å². The fraction of sp³-hybridized carbons (Fsp3) is 0.188. The summed E-state index contributed by atoms with van der Waals surface area (Å²) in [6, 6.07) is 10.0.